The number of aryl methyl sites for hydroxylation is 1. The number of rotatable bonds is 5. The molecular weight excluding hydrogens is 481 g/mol. The zero-order valence-corrected chi connectivity index (χ0v) is 21.4. The van der Waals surface area contributed by atoms with Crippen LogP contribution < -0.4 is 10.6 Å². The number of benzene rings is 3. The average molecular weight is 509 g/mol. The third kappa shape index (κ3) is 5.31. The van der Waals surface area contributed by atoms with E-state index in [0.717, 1.165) is 41.7 Å². The summed E-state index contributed by atoms with van der Waals surface area (Å²) in [6.07, 6.45) is 0.891. The van der Waals surface area contributed by atoms with Crippen LogP contribution in [0.4, 0.5) is 0 Å². The fraction of sp³-hybridized carbons (Fsp3) is 0.250. The van der Waals surface area contributed by atoms with Gasteiger partial charge in [0.25, 0.3) is 0 Å². The smallest absolute Gasteiger partial charge is 0.171 e. The van der Waals surface area contributed by atoms with Crippen molar-refractivity contribution in [3.63, 3.8) is 0 Å². The standard InChI is InChI=1S/C28H27Cl2N3S/c1-18-8-10-19(11-9-18)15-33-16-22(12-20-4-2-6-23(29)13-20)27-25(17-33)26(31-28(34)32-27)21-5-3-7-24(30)14-21/h2-11,13-14,22,26H,12,15-17H2,1H3,(H2,31,32,34). The summed E-state index contributed by atoms with van der Waals surface area (Å²) < 4.78 is 0. The summed E-state index contributed by atoms with van der Waals surface area (Å²) in [6.45, 7) is 4.82. The SMILES string of the molecule is Cc1ccc(CN2CC3=C(NC(=S)NC3c3cccc(Cl)c3)C(Cc3cccc(Cl)c3)C2)cc1. The minimum absolute atomic E-state index is 0.00914. The van der Waals surface area contributed by atoms with Crippen LogP contribution in [0.15, 0.2) is 84.1 Å². The van der Waals surface area contributed by atoms with Crippen molar-refractivity contribution >= 4 is 40.5 Å². The van der Waals surface area contributed by atoms with Crippen molar-refractivity contribution in [3.05, 3.63) is 116 Å². The van der Waals surface area contributed by atoms with Gasteiger partial charge in [0.1, 0.15) is 0 Å². The van der Waals surface area contributed by atoms with Gasteiger partial charge >= 0.3 is 0 Å². The molecule has 174 valence electrons. The Kier molecular flexibility index (Phi) is 6.94. The van der Waals surface area contributed by atoms with Gasteiger partial charge in [-0.15, -0.1) is 0 Å². The first-order valence-electron chi connectivity index (χ1n) is 11.5. The lowest BCUT2D eigenvalue weighted by atomic mass is 9.84. The van der Waals surface area contributed by atoms with E-state index in [1.165, 1.54) is 28.0 Å². The molecule has 2 heterocycles. The van der Waals surface area contributed by atoms with Crippen LogP contribution in [0, 0.1) is 12.8 Å². The molecule has 0 aliphatic carbocycles. The van der Waals surface area contributed by atoms with Crippen molar-refractivity contribution in [2.24, 2.45) is 5.92 Å². The van der Waals surface area contributed by atoms with Crippen molar-refractivity contribution in [1.29, 1.82) is 0 Å². The molecule has 0 amide bonds. The summed E-state index contributed by atoms with van der Waals surface area (Å²) in [6, 6.07) is 25.0. The molecule has 0 bridgehead atoms. The fourth-order valence-corrected chi connectivity index (χ4v) is 5.66. The molecule has 34 heavy (non-hydrogen) atoms. The van der Waals surface area contributed by atoms with Gasteiger partial charge in [-0.2, -0.15) is 0 Å². The Hall–Kier alpha value is -2.37. The average Bonchev–Trinajstić information content (AvgIpc) is 2.81. The van der Waals surface area contributed by atoms with Crippen LogP contribution in [0.2, 0.25) is 10.0 Å². The molecule has 2 unspecified atom stereocenters. The van der Waals surface area contributed by atoms with Gasteiger partial charge in [-0.1, -0.05) is 77.3 Å². The van der Waals surface area contributed by atoms with Crippen LogP contribution in [-0.4, -0.2) is 23.1 Å². The summed E-state index contributed by atoms with van der Waals surface area (Å²) >= 11 is 18.3. The molecule has 0 aromatic heterocycles. The lowest BCUT2D eigenvalue weighted by Crippen LogP contribution is -2.52. The molecule has 2 atom stereocenters. The van der Waals surface area contributed by atoms with Gasteiger partial charge in [-0.05, 0) is 72.1 Å². The molecule has 0 radical (unpaired) electrons. The topological polar surface area (TPSA) is 27.3 Å². The molecule has 2 aliphatic rings. The first-order valence-corrected chi connectivity index (χ1v) is 12.7. The molecule has 3 aromatic carbocycles. The van der Waals surface area contributed by atoms with Crippen LogP contribution in [0.5, 0.6) is 0 Å². The van der Waals surface area contributed by atoms with Gasteiger partial charge in [-0.3, -0.25) is 4.90 Å². The zero-order chi connectivity index (χ0) is 23.7. The number of halogens is 2. The van der Waals surface area contributed by atoms with Crippen molar-refractivity contribution in [2.45, 2.75) is 25.9 Å². The predicted octanol–water partition coefficient (Wildman–Crippen LogP) is 6.45. The molecule has 0 saturated heterocycles. The number of hydrogen-bond donors (Lipinski definition) is 2. The van der Waals surface area contributed by atoms with Gasteiger partial charge in [0.15, 0.2) is 5.11 Å². The minimum Gasteiger partial charge on any atom is -0.352 e. The lowest BCUT2D eigenvalue weighted by molar-refractivity contribution is 0.221. The van der Waals surface area contributed by atoms with Crippen LogP contribution in [0.3, 0.4) is 0 Å². The summed E-state index contributed by atoms with van der Waals surface area (Å²) in [5, 5.41) is 9.17. The third-order valence-electron chi connectivity index (χ3n) is 6.58. The molecule has 3 nitrogen and oxygen atoms in total. The second-order valence-electron chi connectivity index (χ2n) is 9.21. The molecule has 5 rings (SSSR count). The van der Waals surface area contributed by atoms with E-state index in [0.29, 0.717) is 5.11 Å². The summed E-state index contributed by atoms with van der Waals surface area (Å²) in [4.78, 5) is 2.54. The zero-order valence-electron chi connectivity index (χ0n) is 19.0. The van der Waals surface area contributed by atoms with E-state index in [1.54, 1.807) is 0 Å². The monoisotopic (exact) mass is 507 g/mol. The molecule has 0 spiro atoms. The lowest BCUT2D eigenvalue weighted by Gasteiger charge is -2.43. The Morgan fingerprint density at radius 2 is 1.68 bits per heavy atom. The first kappa shape index (κ1) is 23.4. The van der Waals surface area contributed by atoms with Gasteiger partial charge < -0.3 is 10.6 Å². The fourth-order valence-electron chi connectivity index (χ4n) is 5.02. The van der Waals surface area contributed by atoms with Crippen molar-refractivity contribution < 1.29 is 0 Å². The molecule has 2 aliphatic heterocycles. The summed E-state index contributed by atoms with van der Waals surface area (Å²) in [5.74, 6) is 0.273. The minimum atomic E-state index is -0.00914. The second kappa shape index (κ2) is 10.1. The van der Waals surface area contributed by atoms with Crippen molar-refractivity contribution in [2.75, 3.05) is 13.1 Å². The van der Waals surface area contributed by atoms with E-state index in [9.17, 15) is 0 Å². The molecule has 3 aromatic rings. The molecule has 2 N–H and O–H groups in total. The number of nitrogens with one attached hydrogen (secondary N) is 2. The van der Waals surface area contributed by atoms with Crippen molar-refractivity contribution in [3.8, 4) is 0 Å². The number of thiocarbonyl (C=S) groups is 1. The van der Waals surface area contributed by atoms with Gasteiger partial charge in [0.05, 0.1) is 6.04 Å². The summed E-state index contributed by atoms with van der Waals surface area (Å²) in [5.41, 5.74) is 7.51. The maximum Gasteiger partial charge on any atom is 0.171 e. The molecular formula is C28H27Cl2N3S. The van der Waals surface area contributed by atoms with Crippen LogP contribution in [0.1, 0.15) is 28.3 Å². The maximum absolute atomic E-state index is 6.36. The van der Waals surface area contributed by atoms with E-state index in [1.807, 2.05) is 30.3 Å². The highest BCUT2D eigenvalue weighted by atomic mass is 35.5. The van der Waals surface area contributed by atoms with Gasteiger partial charge in [0, 0.05) is 41.3 Å². The Labute approximate surface area is 216 Å². The Morgan fingerprint density at radius 3 is 2.41 bits per heavy atom. The van der Waals surface area contributed by atoms with Crippen molar-refractivity contribution in [1.82, 2.24) is 15.5 Å². The third-order valence-corrected chi connectivity index (χ3v) is 7.27. The quantitative estimate of drug-likeness (QED) is 0.388. The van der Waals surface area contributed by atoms with Crippen LogP contribution >= 0.6 is 35.4 Å². The van der Waals surface area contributed by atoms with E-state index in [2.05, 4.69) is 64.9 Å². The van der Waals surface area contributed by atoms with Gasteiger partial charge in [-0.25, -0.2) is 0 Å². The molecule has 6 heteroatoms. The maximum atomic E-state index is 6.36. The van der Waals surface area contributed by atoms with E-state index < -0.39 is 0 Å². The Bertz CT molecular complexity index is 1240. The normalized spacial score (nSPS) is 20.5. The number of nitrogens with zero attached hydrogens (tertiary/aromatic N) is 1. The van der Waals surface area contributed by atoms with E-state index in [-0.39, 0.29) is 12.0 Å². The van der Waals surface area contributed by atoms with E-state index in [4.69, 9.17) is 35.4 Å². The predicted molar refractivity (Wildman–Crippen MR) is 145 cm³/mol. The molecule has 0 fully saturated rings. The van der Waals surface area contributed by atoms with Gasteiger partial charge in [0.2, 0.25) is 0 Å². The van der Waals surface area contributed by atoms with E-state index >= 15 is 0 Å². The first-order chi connectivity index (χ1) is 16.4. The Balaban J connectivity index is 1.52. The largest absolute Gasteiger partial charge is 0.352 e. The Morgan fingerprint density at radius 1 is 0.941 bits per heavy atom. The second-order valence-corrected chi connectivity index (χ2v) is 10.5. The highest BCUT2D eigenvalue weighted by molar-refractivity contribution is 7.80. The number of hydrogen-bond acceptors (Lipinski definition) is 2. The highest BCUT2D eigenvalue weighted by Gasteiger charge is 2.36. The van der Waals surface area contributed by atoms with Crippen LogP contribution in [-0.2, 0) is 13.0 Å². The summed E-state index contributed by atoms with van der Waals surface area (Å²) in [7, 11) is 0. The van der Waals surface area contributed by atoms with Crippen LogP contribution in [0.25, 0.3) is 0 Å². The molecule has 0 saturated carbocycles. The highest BCUT2D eigenvalue weighted by Crippen LogP contribution is 2.36.